The van der Waals surface area contributed by atoms with Crippen LogP contribution in [-0.4, -0.2) is 36.9 Å². The van der Waals surface area contributed by atoms with E-state index < -0.39 is 36.8 Å². The highest BCUT2D eigenvalue weighted by atomic mass is 32.2. The van der Waals surface area contributed by atoms with E-state index in [1.54, 1.807) is 0 Å². The molecule has 11 heteroatoms. The lowest BCUT2D eigenvalue weighted by Gasteiger charge is -2.12. The van der Waals surface area contributed by atoms with Crippen LogP contribution in [0, 0.1) is 0 Å². The predicted octanol–water partition coefficient (Wildman–Crippen LogP) is 0.632. The molecule has 0 saturated heterocycles. The van der Waals surface area contributed by atoms with E-state index in [1.165, 1.54) is 12.1 Å². The van der Waals surface area contributed by atoms with E-state index in [2.05, 4.69) is 5.32 Å². The quantitative estimate of drug-likeness (QED) is 0.393. The van der Waals surface area contributed by atoms with Gasteiger partial charge in [-0.25, -0.2) is 0 Å². The first-order valence-electron chi connectivity index (χ1n) is 5.71. The topological polar surface area (TPSA) is 167 Å². The van der Waals surface area contributed by atoms with Crippen molar-refractivity contribution in [1.82, 2.24) is 0 Å². The maximum Gasteiger partial charge on any atom is 0.294 e. The van der Waals surface area contributed by atoms with Crippen LogP contribution in [0.4, 0.5) is 11.4 Å². The molecule has 0 aliphatic rings. The highest BCUT2D eigenvalue weighted by molar-refractivity contribution is 7.86. The monoisotopic (exact) mass is 348 g/mol. The highest BCUT2D eigenvalue weighted by Crippen LogP contribution is 2.36. The van der Waals surface area contributed by atoms with Crippen molar-refractivity contribution in [3.63, 3.8) is 0 Å². The van der Waals surface area contributed by atoms with E-state index in [4.69, 9.17) is 14.8 Å². The van der Waals surface area contributed by atoms with Gasteiger partial charge in [0.15, 0.2) is 0 Å². The summed E-state index contributed by atoms with van der Waals surface area (Å²) >= 11 is 0. The molecule has 0 amide bonds. The van der Waals surface area contributed by atoms with Gasteiger partial charge in [-0.2, -0.15) is 16.8 Å². The number of rotatable bonds is 4. The first kappa shape index (κ1) is 16.3. The second-order valence-electron chi connectivity index (χ2n) is 4.45. The fraction of sp³-hybridized carbons (Fsp3) is 0.0909. The van der Waals surface area contributed by atoms with E-state index in [0.717, 1.165) is 12.1 Å². The normalized spacial score (nSPS) is 12.5. The Balaban J connectivity index is 2.60. The first-order chi connectivity index (χ1) is 9.99. The van der Waals surface area contributed by atoms with Crippen LogP contribution in [0.15, 0.2) is 29.2 Å². The number of nitrogen functional groups attached to an aromatic ring is 1. The van der Waals surface area contributed by atoms with Gasteiger partial charge in [0.1, 0.15) is 11.6 Å². The van der Waals surface area contributed by atoms with Gasteiger partial charge in [0, 0.05) is 11.5 Å². The smallest absolute Gasteiger partial charge is 0.294 e. The molecule has 0 heterocycles. The summed E-state index contributed by atoms with van der Waals surface area (Å²) in [5.74, 6) is -1.29. The summed E-state index contributed by atoms with van der Waals surface area (Å²) in [6.45, 7) is 0. The second-order valence-corrected chi connectivity index (χ2v) is 7.32. The van der Waals surface area contributed by atoms with Crippen LogP contribution in [0.1, 0.15) is 0 Å². The summed E-state index contributed by atoms with van der Waals surface area (Å²) in [6, 6.07) is 4.64. The van der Waals surface area contributed by atoms with Gasteiger partial charge < -0.3 is 16.2 Å². The molecule has 9 nitrogen and oxygen atoms in total. The van der Waals surface area contributed by atoms with E-state index in [-0.39, 0.29) is 22.1 Å². The van der Waals surface area contributed by atoms with Crippen molar-refractivity contribution in [3.8, 4) is 5.75 Å². The molecule has 0 saturated carbocycles. The van der Waals surface area contributed by atoms with Crippen molar-refractivity contribution in [2.24, 2.45) is 0 Å². The SMILES string of the molecule is Nc1c(NCS(=O)(=O)O)ccc2cc(S(=O)(=O)O)cc(O)c12. The lowest BCUT2D eigenvalue weighted by atomic mass is 10.1. The molecule has 6 N–H and O–H groups in total. The Morgan fingerprint density at radius 3 is 2.27 bits per heavy atom. The molecule has 0 atom stereocenters. The van der Waals surface area contributed by atoms with Gasteiger partial charge in [0.2, 0.25) is 0 Å². The lowest BCUT2D eigenvalue weighted by Crippen LogP contribution is -2.14. The molecule has 0 fully saturated rings. The van der Waals surface area contributed by atoms with E-state index >= 15 is 0 Å². The van der Waals surface area contributed by atoms with Crippen LogP contribution in [0.25, 0.3) is 10.8 Å². The molecule has 0 aliphatic heterocycles. The summed E-state index contributed by atoms with van der Waals surface area (Å²) in [5.41, 5.74) is 5.88. The minimum atomic E-state index is -4.50. The zero-order valence-electron chi connectivity index (χ0n) is 10.9. The van der Waals surface area contributed by atoms with Crippen molar-refractivity contribution in [2.75, 3.05) is 16.9 Å². The maximum absolute atomic E-state index is 11.1. The Labute approximate surface area is 125 Å². The average molecular weight is 348 g/mol. The Bertz CT molecular complexity index is 952. The van der Waals surface area contributed by atoms with Crippen molar-refractivity contribution >= 4 is 42.4 Å². The number of phenols is 1. The molecule has 2 aromatic rings. The number of aromatic hydroxyl groups is 1. The molecule has 0 bridgehead atoms. The molecule has 120 valence electrons. The number of hydrogen-bond donors (Lipinski definition) is 5. The van der Waals surface area contributed by atoms with Crippen LogP contribution in [0.5, 0.6) is 5.75 Å². The number of nitrogens with two attached hydrogens (primary N) is 1. The van der Waals surface area contributed by atoms with E-state index in [1.807, 2.05) is 0 Å². The highest BCUT2D eigenvalue weighted by Gasteiger charge is 2.16. The van der Waals surface area contributed by atoms with Crippen LogP contribution >= 0.6 is 0 Å². The lowest BCUT2D eigenvalue weighted by molar-refractivity contribution is 0.471. The Hall–Kier alpha value is -2.08. The van der Waals surface area contributed by atoms with Gasteiger partial charge in [-0.3, -0.25) is 9.11 Å². The summed E-state index contributed by atoms with van der Waals surface area (Å²) < 4.78 is 61.3. The second kappa shape index (κ2) is 5.28. The van der Waals surface area contributed by atoms with Gasteiger partial charge in [-0.1, -0.05) is 6.07 Å². The summed E-state index contributed by atoms with van der Waals surface area (Å²) in [4.78, 5) is -0.504. The number of nitrogens with one attached hydrogen (secondary N) is 1. The molecule has 0 aromatic heterocycles. The third-order valence-corrected chi connectivity index (χ3v) is 4.19. The Morgan fingerprint density at radius 1 is 1.09 bits per heavy atom. The van der Waals surface area contributed by atoms with Gasteiger partial charge >= 0.3 is 0 Å². The molecule has 0 radical (unpaired) electrons. The zero-order valence-corrected chi connectivity index (χ0v) is 12.5. The fourth-order valence-electron chi connectivity index (χ4n) is 1.92. The third-order valence-electron chi connectivity index (χ3n) is 2.85. The third kappa shape index (κ3) is 3.39. The van der Waals surface area contributed by atoms with Gasteiger partial charge in [-0.05, 0) is 17.5 Å². The summed E-state index contributed by atoms with van der Waals surface area (Å²) in [6.07, 6.45) is 0. The standard InChI is InChI=1S/C11H12N2O7S2/c12-11-8(13-5-21(15,16)17)2-1-6-3-7(22(18,19)20)4-9(14)10(6)11/h1-4,13-14H,5,12H2,(H,15,16,17)(H,18,19,20). The molecular weight excluding hydrogens is 336 g/mol. The van der Waals surface area contributed by atoms with E-state index in [0.29, 0.717) is 0 Å². The van der Waals surface area contributed by atoms with Gasteiger partial charge in [0.05, 0.1) is 16.3 Å². The Morgan fingerprint density at radius 2 is 1.73 bits per heavy atom. The van der Waals surface area contributed by atoms with E-state index in [9.17, 15) is 21.9 Å². The fourth-order valence-corrected chi connectivity index (χ4v) is 2.79. The number of hydrogen-bond acceptors (Lipinski definition) is 7. The molecule has 0 unspecified atom stereocenters. The molecule has 22 heavy (non-hydrogen) atoms. The molecular formula is C11H12N2O7S2. The predicted molar refractivity (Wildman–Crippen MR) is 79.9 cm³/mol. The van der Waals surface area contributed by atoms with Crippen molar-refractivity contribution in [1.29, 1.82) is 0 Å². The number of anilines is 2. The maximum atomic E-state index is 11.1. The van der Waals surface area contributed by atoms with Crippen LogP contribution in [0.2, 0.25) is 0 Å². The molecule has 2 rings (SSSR count). The zero-order chi connectivity index (χ0) is 16.7. The average Bonchev–Trinajstić information content (AvgIpc) is 2.35. The van der Waals surface area contributed by atoms with Crippen molar-refractivity contribution in [3.05, 3.63) is 24.3 Å². The van der Waals surface area contributed by atoms with Crippen LogP contribution in [0.3, 0.4) is 0 Å². The van der Waals surface area contributed by atoms with Gasteiger partial charge in [0.25, 0.3) is 20.2 Å². The Kier molecular flexibility index (Phi) is 3.91. The first-order valence-corrected chi connectivity index (χ1v) is 8.76. The number of phenolic OH excluding ortho intramolecular Hbond substituents is 1. The van der Waals surface area contributed by atoms with Crippen molar-refractivity contribution < 1.29 is 31.0 Å². The van der Waals surface area contributed by atoms with Crippen molar-refractivity contribution in [2.45, 2.75) is 4.90 Å². The minimum absolute atomic E-state index is 0.0412. The van der Waals surface area contributed by atoms with Gasteiger partial charge in [-0.15, -0.1) is 0 Å². The van der Waals surface area contributed by atoms with Crippen LogP contribution in [-0.2, 0) is 20.2 Å². The molecule has 0 aliphatic carbocycles. The minimum Gasteiger partial charge on any atom is -0.507 e. The number of fused-ring (bicyclic) bond motifs is 1. The number of benzene rings is 2. The summed E-state index contributed by atoms with van der Waals surface area (Å²) in [7, 11) is -8.77. The largest absolute Gasteiger partial charge is 0.507 e. The molecule has 0 spiro atoms. The molecule has 2 aromatic carbocycles. The van der Waals surface area contributed by atoms with Crippen LogP contribution < -0.4 is 11.1 Å². The summed E-state index contributed by atoms with van der Waals surface area (Å²) in [5, 5.41) is 12.6.